The molecule has 1 atom stereocenters. The summed E-state index contributed by atoms with van der Waals surface area (Å²) in [6.07, 6.45) is 9.28. The Bertz CT molecular complexity index is 368. The number of rotatable bonds is 7. The van der Waals surface area contributed by atoms with Crippen LogP contribution < -0.4 is 5.32 Å². The monoisotopic (exact) mass is 231 g/mol. The molecule has 1 heterocycles. The van der Waals surface area contributed by atoms with Gasteiger partial charge in [-0.1, -0.05) is 33.1 Å². The highest BCUT2D eigenvalue weighted by atomic mass is 14.9. The summed E-state index contributed by atoms with van der Waals surface area (Å²) < 4.78 is 0. The molecule has 0 aliphatic heterocycles. The van der Waals surface area contributed by atoms with Crippen LogP contribution in [0.2, 0.25) is 0 Å². The molecule has 0 bridgehead atoms. The van der Waals surface area contributed by atoms with E-state index in [1.54, 1.807) is 18.5 Å². The van der Waals surface area contributed by atoms with Gasteiger partial charge in [-0.05, 0) is 18.9 Å². The summed E-state index contributed by atoms with van der Waals surface area (Å²) >= 11 is 0. The van der Waals surface area contributed by atoms with Gasteiger partial charge in [0, 0.05) is 12.2 Å². The molecule has 0 amide bonds. The van der Waals surface area contributed by atoms with Gasteiger partial charge in [0.15, 0.2) is 0 Å². The number of unbranched alkanes of at least 4 members (excludes halogenated alkanes) is 1. The highest BCUT2D eigenvalue weighted by Gasteiger charge is 2.09. The number of nitriles is 1. The lowest BCUT2D eigenvalue weighted by Gasteiger charge is -2.19. The van der Waals surface area contributed by atoms with E-state index in [1.165, 1.54) is 12.8 Å². The second-order valence-electron chi connectivity index (χ2n) is 4.31. The first kappa shape index (κ1) is 13.5. The minimum Gasteiger partial charge on any atom is -0.380 e. The van der Waals surface area contributed by atoms with Crippen LogP contribution >= 0.6 is 0 Å². The maximum Gasteiger partial charge on any atom is 0.101 e. The van der Waals surface area contributed by atoms with Gasteiger partial charge in [-0.2, -0.15) is 5.26 Å². The highest BCUT2D eigenvalue weighted by Crippen LogP contribution is 2.17. The van der Waals surface area contributed by atoms with Gasteiger partial charge < -0.3 is 5.32 Å². The van der Waals surface area contributed by atoms with Crippen LogP contribution in [0.1, 0.15) is 51.5 Å². The third kappa shape index (κ3) is 4.44. The Morgan fingerprint density at radius 1 is 1.35 bits per heavy atom. The van der Waals surface area contributed by atoms with Crippen LogP contribution in [0.3, 0.4) is 0 Å². The van der Waals surface area contributed by atoms with E-state index < -0.39 is 0 Å². The average molecular weight is 231 g/mol. The molecule has 0 saturated heterocycles. The zero-order valence-corrected chi connectivity index (χ0v) is 10.7. The summed E-state index contributed by atoms with van der Waals surface area (Å²) in [5.74, 6) is 0. The molecular weight excluding hydrogens is 210 g/mol. The molecule has 1 N–H and O–H groups in total. The predicted octanol–water partition coefficient (Wildman–Crippen LogP) is 3.72. The van der Waals surface area contributed by atoms with Crippen molar-refractivity contribution in [2.24, 2.45) is 0 Å². The van der Waals surface area contributed by atoms with Gasteiger partial charge >= 0.3 is 0 Å². The van der Waals surface area contributed by atoms with E-state index in [1.807, 2.05) is 0 Å². The predicted molar refractivity (Wildman–Crippen MR) is 70.8 cm³/mol. The Labute approximate surface area is 104 Å². The normalized spacial score (nSPS) is 11.8. The zero-order chi connectivity index (χ0) is 12.5. The van der Waals surface area contributed by atoms with Crippen LogP contribution in [0.15, 0.2) is 18.5 Å². The number of aromatic nitrogens is 1. The summed E-state index contributed by atoms with van der Waals surface area (Å²) in [5.41, 5.74) is 1.54. The molecule has 1 aromatic heterocycles. The fourth-order valence-electron chi connectivity index (χ4n) is 1.91. The SMILES string of the molecule is CCCCC(CCC)Nc1cnccc1C#N. The van der Waals surface area contributed by atoms with Crippen LogP contribution in [0.25, 0.3) is 0 Å². The van der Waals surface area contributed by atoms with Crippen LogP contribution in [-0.4, -0.2) is 11.0 Å². The minimum absolute atomic E-state index is 0.455. The van der Waals surface area contributed by atoms with Gasteiger partial charge in [0.2, 0.25) is 0 Å². The number of pyridine rings is 1. The second-order valence-corrected chi connectivity index (χ2v) is 4.31. The second kappa shape index (κ2) is 7.67. The molecule has 1 aromatic rings. The molecule has 0 fully saturated rings. The standard InChI is InChI=1S/C14H21N3/c1-3-5-7-13(6-4-2)17-14-11-16-9-8-12(14)10-15/h8-9,11,13,17H,3-7H2,1-2H3. The smallest absolute Gasteiger partial charge is 0.101 e. The lowest BCUT2D eigenvalue weighted by molar-refractivity contribution is 0.564. The summed E-state index contributed by atoms with van der Waals surface area (Å²) in [5, 5.41) is 12.5. The third-order valence-corrected chi connectivity index (χ3v) is 2.84. The van der Waals surface area contributed by atoms with Crippen LogP contribution in [0, 0.1) is 11.3 Å². The van der Waals surface area contributed by atoms with E-state index in [0.717, 1.165) is 24.9 Å². The van der Waals surface area contributed by atoms with Crippen LogP contribution in [0.5, 0.6) is 0 Å². The van der Waals surface area contributed by atoms with Gasteiger partial charge in [0.05, 0.1) is 17.4 Å². The van der Waals surface area contributed by atoms with Crippen molar-refractivity contribution >= 4 is 5.69 Å². The third-order valence-electron chi connectivity index (χ3n) is 2.84. The number of hydrogen-bond donors (Lipinski definition) is 1. The molecular formula is C14H21N3. The first-order valence-electron chi connectivity index (χ1n) is 6.42. The van der Waals surface area contributed by atoms with E-state index in [2.05, 4.69) is 30.2 Å². The Morgan fingerprint density at radius 3 is 2.82 bits per heavy atom. The topological polar surface area (TPSA) is 48.7 Å². The molecule has 0 radical (unpaired) electrons. The van der Waals surface area contributed by atoms with Crippen molar-refractivity contribution in [3.8, 4) is 6.07 Å². The highest BCUT2D eigenvalue weighted by molar-refractivity contribution is 5.55. The van der Waals surface area contributed by atoms with Crippen molar-refractivity contribution in [1.82, 2.24) is 4.98 Å². The fourth-order valence-corrected chi connectivity index (χ4v) is 1.91. The Balaban J connectivity index is 2.68. The summed E-state index contributed by atoms with van der Waals surface area (Å²) in [7, 11) is 0. The van der Waals surface area contributed by atoms with Gasteiger partial charge in [0.25, 0.3) is 0 Å². The molecule has 92 valence electrons. The largest absolute Gasteiger partial charge is 0.380 e. The average Bonchev–Trinajstić information content (AvgIpc) is 2.37. The van der Waals surface area contributed by atoms with Gasteiger partial charge in [0.1, 0.15) is 6.07 Å². The first-order chi connectivity index (χ1) is 8.31. The van der Waals surface area contributed by atoms with Crippen molar-refractivity contribution in [2.45, 2.75) is 52.0 Å². The molecule has 0 aliphatic carbocycles. The van der Waals surface area contributed by atoms with Crippen molar-refractivity contribution in [1.29, 1.82) is 5.26 Å². The van der Waals surface area contributed by atoms with Crippen molar-refractivity contribution in [3.63, 3.8) is 0 Å². The fraction of sp³-hybridized carbons (Fsp3) is 0.571. The van der Waals surface area contributed by atoms with Crippen molar-refractivity contribution in [2.75, 3.05) is 5.32 Å². The van der Waals surface area contributed by atoms with Gasteiger partial charge in [-0.25, -0.2) is 0 Å². The van der Waals surface area contributed by atoms with E-state index in [9.17, 15) is 0 Å². The summed E-state index contributed by atoms with van der Waals surface area (Å²) in [6, 6.07) is 4.41. The number of hydrogen-bond acceptors (Lipinski definition) is 3. The van der Waals surface area contributed by atoms with Crippen LogP contribution in [-0.2, 0) is 0 Å². The molecule has 0 saturated carbocycles. The number of nitrogens with zero attached hydrogens (tertiary/aromatic N) is 2. The molecule has 1 rings (SSSR count). The minimum atomic E-state index is 0.455. The van der Waals surface area contributed by atoms with E-state index in [0.29, 0.717) is 11.6 Å². The number of anilines is 1. The first-order valence-corrected chi connectivity index (χ1v) is 6.42. The maximum absolute atomic E-state index is 9.02. The van der Waals surface area contributed by atoms with E-state index in [-0.39, 0.29) is 0 Å². The maximum atomic E-state index is 9.02. The molecule has 17 heavy (non-hydrogen) atoms. The summed E-state index contributed by atoms with van der Waals surface area (Å²) in [4.78, 5) is 4.07. The Hall–Kier alpha value is -1.56. The number of nitrogens with one attached hydrogen (secondary N) is 1. The molecule has 3 nitrogen and oxygen atoms in total. The molecule has 0 aliphatic rings. The lowest BCUT2D eigenvalue weighted by Crippen LogP contribution is -2.19. The molecule has 1 unspecified atom stereocenters. The Morgan fingerprint density at radius 2 is 2.18 bits per heavy atom. The molecule has 3 heteroatoms. The summed E-state index contributed by atoms with van der Waals surface area (Å²) in [6.45, 7) is 4.39. The van der Waals surface area contributed by atoms with Crippen molar-refractivity contribution < 1.29 is 0 Å². The zero-order valence-electron chi connectivity index (χ0n) is 10.7. The molecule has 0 aromatic carbocycles. The van der Waals surface area contributed by atoms with Gasteiger partial charge in [-0.3, -0.25) is 4.98 Å². The van der Waals surface area contributed by atoms with Crippen molar-refractivity contribution in [3.05, 3.63) is 24.0 Å². The van der Waals surface area contributed by atoms with E-state index in [4.69, 9.17) is 5.26 Å². The van der Waals surface area contributed by atoms with Crippen LogP contribution in [0.4, 0.5) is 5.69 Å². The van der Waals surface area contributed by atoms with Gasteiger partial charge in [-0.15, -0.1) is 0 Å². The molecule has 0 spiro atoms. The quantitative estimate of drug-likeness (QED) is 0.778. The Kier molecular flexibility index (Phi) is 6.09. The van der Waals surface area contributed by atoms with E-state index >= 15 is 0 Å². The lowest BCUT2D eigenvalue weighted by atomic mass is 10.0.